The summed E-state index contributed by atoms with van der Waals surface area (Å²) in [6, 6.07) is 5.97. The van der Waals surface area contributed by atoms with Crippen LogP contribution in [0.3, 0.4) is 0 Å². The highest BCUT2D eigenvalue weighted by atomic mass is 32.1. The number of aromatic nitrogens is 2. The number of benzene rings is 1. The molecule has 36 heavy (non-hydrogen) atoms. The topological polar surface area (TPSA) is 67.4 Å². The molecule has 1 saturated carbocycles. The van der Waals surface area contributed by atoms with Gasteiger partial charge in [-0.05, 0) is 76.1 Å². The third-order valence-corrected chi connectivity index (χ3v) is 9.03. The smallest absolute Gasteiger partial charge is 0.278 e. The minimum atomic E-state index is -2.85. The molecular weight excluding hydrogens is 502 g/mol. The van der Waals surface area contributed by atoms with Crippen LogP contribution in [0, 0.1) is 12.8 Å². The summed E-state index contributed by atoms with van der Waals surface area (Å²) in [6.45, 7) is 4.94. The van der Waals surface area contributed by atoms with Crippen LogP contribution in [-0.4, -0.2) is 52.4 Å². The summed E-state index contributed by atoms with van der Waals surface area (Å²) in [5.41, 5.74) is 2.62. The Balaban J connectivity index is 1.04. The molecule has 0 spiro atoms. The zero-order chi connectivity index (χ0) is 25.3. The van der Waals surface area contributed by atoms with Gasteiger partial charge in [0.25, 0.3) is 17.0 Å². The van der Waals surface area contributed by atoms with Crippen molar-refractivity contribution in [2.45, 2.75) is 70.9 Å². The third kappa shape index (κ3) is 6.39. The van der Waals surface area contributed by atoms with Gasteiger partial charge in [-0.2, -0.15) is 0 Å². The average Bonchev–Trinajstić information content (AvgIpc) is 3.42. The number of fused-ring (bicyclic) bond motifs is 2. The zero-order valence-electron chi connectivity index (χ0n) is 20.7. The van der Waals surface area contributed by atoms with Crippen molar-refractivity contribution in [3.05, 3.63) is 39.3 Å². The first-order valence-corrected chi connectivity index (χ1v) is 14.2. The number of hydrogen-bond acceptors (Lipinski definition) is 7. The van der Waals surface area contributed by atoms with Crippen LogP contribution in [0.5, 0.6) is 5.19 Å². The van der Waals surface area contributed by atoms with Gasteiger partial charge < -0.3 is 10.1 Å². The van der Waals surface area contributed by atoms with Crippen LogP contribution in [0.1, 0.15) is 65.0 Å². The molecule has 2 aliphatic rings. The molecule has 3 aromatic rings. The number of halogens is 2. The summed E-state index contributed by atoms with van der Waals surface area (Å²) in [5, 5.41) is 4.60. The van der Waals surface area contributed by atoms with Crippen LogP contribution in [-0.2, 0) is 13.0 Å². The van der Waals surface area contributed by atoms with Crippen molar-refractivity contribution in [3.63, 3.8) is 0 Å². The molecule has 1 aliphatic carbocycles. The van der Waals surface area contributed by atoms with E-state index in [1.165, 1.54) is 11.3 Å². The number of ether oxygens (including phenoxy) is 1. The second kappa shape index (κ2) is 10.7. The molecule has 0 saturated heterocycles. The summed E-state index contributed by atoms with van der Waals surface area (Å²) >= 11 is 3.01. The Hall–Kier alpha value is -2.17. The quantitative estimate of drug-likeness (QED) is 0.394. The number of hydrogen-bond donors (Lipinski definition) is 1. The molecule has 1 aliphatic heterocycles. The fourth-order valence-electron chi connectivity index (χ4n) is 5.08. The molecule has 0 unspecified atom stereocenters. The van der Waals surface area contributed by atoms with E-state index in [-0.39, 0.29) is 11.9 Å². The number of alkyl halides is 2. The molecule has 1 N–H and O–H groups in total. The summed E-state index contributed by atoms with van der Waals surface area (Å²) in [7, 11) is 0. The number of nitrogens with one attached hydrogen (secondary N) is 1. The Bertz CT molecular complexity index is 1210. The molecule has 0 radical (unpaired) electrons. The van der Waals surface area contributed by atoms with E-state index in [0.29, 0.717) is 16.7 Å². The standard InChI is InChI=1S/C26H32F2N4O2S2/c1-16-29-20-8-5-18(13-23(20)35-16)24(33)30-19-6-3-17(4-7-19)9-11-32-12-10-22-21(14-32)31-25(36-22)34-15-26(2,27)28/h5,8,13,17,19H,3-4,6-7,9-12,14-15H2,1-2H3,(H,30,33)/t17-,19-. The van der Waals surface area contributed by atoms with E-state index in [4.69, 9.17) is 4.74 Å². The summed E-state index contributed by atoms with van der Waals surface area (Å²) < 4.78 is 32.4. The fraction of sp³-hybridized carbons (Fsp3) is 0.577. The summed E-state index contributed by atoms with van der Waals surface area (Å²) in [6.07, 6.45) is 6.29. The van der Waals surface area contributed by atoms with Gasteiger partial charge in [-0.3, -0.25) is 9.69 Å². The molecule has 1 amide bonds. The van der Waals surface area contributed by atoms with E-state index in [9.17, 15) is 13.6 Å². The lowest BCUT2D eigenvalue weighted by atomic mass is 9.84. The van der Waals surface area contributed by atoms with E-state index in [1.807, 2.05) is 25.1 Å². The van der Waals surface area contributed by atoms with E-state index in [2.05, 4.69) is 20.2 Å². The number of thiazole rings is 2. The SMILES string of the molecule is Cc1nc2ccc(C(=O)N[C@H]3CC[C@H](CCN4CCc5sc(OCC(C)(F)F)nc5C4)CC3)cc2s1. The second-order valence-corrected chi connectivity index (χ2v) is 12.4. The highest BCUT2D eigenvalue weighted by molar-refractivity contribution is 7.18. The number of carbonyl (C=O) groups is 1. The molecule has 6 nitrogen and oxygen atoms in total. The summed E-state index contributed by atoms with van der Waals surface area (Å²) in [5.74, 6) is -2.18. The van der Waals surface area contributed by atoms with Gasteiger partial charge in [-0.1, -0.05) is 11.3 Å². The van der Waals surface area contributed by atoms with Gasteiger partial charge in [-0.15, -0.1) is 11.3 Å². The second-order valence-electron chi connectivity index (χ2n) is 10.1. The van der Waals surface area contributed by atoms with Gasteiger partial charge in [0, 0.05) is 36.5 Å². The number of carbonyl (C=O) groups excluding carboxylic acids is 1. The van der Waals surface area contributed by atoms with Crippen LogP contribution >= 0.6 is 22.7 Å². The number of amides is 1. The van der Waals surface area contributed by atoms with E-state index in [0.717, 1.165) is 90.9 Å². The number of aryl methyl sites for hydroxylation is 1. The first kappa shape index (κ1) is 25.5. The maximum Gasteiger partial charge on any atom is 0.278 e. The van der Waals surface area contributed by atoms with Crippen LogP contribution in [0.4, 0.5) is 8.78 Å². The molecule has 10 heteroatoms. The molecule has 5 rings (SSSR count). The van der Waals surface area contributed by atoms with Gasteiger partial charge in [0.15, 0.2) is 6.61 Å². The Morgan fingerprint density at radius 3 is 2.81 bits per heavy atom. The number of rotatable bonds is 8. The highest BCUT2D eigenvalue weighted by Crippen LogP contribution is 2.32. The van der Waals surface area contributed by atoms with Crippen molar-refractivity contribution >= 4 is 38.8 Å². The number of nitrogens with zero attached hydrogens (tertiary/aromatic N) is 3. The molecule has 2 aromatic heterocycles. The van der Waals surface area contributed by atoms with Crippen molar-refractivity contribution in [1.29, 1.82) is 0 Å². The molecule has 1 fully saturated rings. The fourth-order valence-corrected chi connectivity index (χ4v) is 6.85. The van der Waals surface area contributed by atoms with Crippen molar-refractivity contribution in [2.75, 3.05) is 19.7 Å². The lowest BCUT2D eigenvalue weighted by molar-refractivity contribution is -0.0230. The van der Waals surface area contributed by atoms with Crippen LogP contribution in [0.15, 0.2) is 18.2 Å². The normalized spacial score (nSPS) is 20.9. The predicted octanol–water partition coefficient (Wildman–Crippen LogP) is 5.83. The van der Waals surface area contributed by atoms with Crippen LogP contribution in [0.25, 0.3) is 10.2 Å². The van der Waals surface area contributed by atoms with E-state index in [1.54, 1.807) is 11.3 Å². The average molecular weight is 535 g/mol. The van der Waals surface area contributed by atoms with E-state index >= 15 is 0 Å². The van der Waals surface area contributed by atoms with Gasteiger partial charge in [0.05, 0.1) is 20.9 Å². The Kier molecular flexibility index (Phi) is 7.55. The molecule has 194 valence electrons. The van der Waals surface area contributed by atoms with Crippen molar-refractivity contribution in [3.8, 4) is 5.19 Å². The van der Waals surface area contributed by atoms with Gasteiger partial charge in [-0.25, -0.2) is 18.7 Å². The first-order valence-electron chi connectivity index (χ1n) is 12.6. The maximum absolute atomic E-state index is 13.1. The van der Waals surface area contributed by atoms with Crippen molar-refractivity contribution < 1.29 is 18.3 Å². The molecule has 0 bridgehead atoms. The van der Waals surface area contributed by atoms with Crippen molar-refractivity contribution in [2.24, 2.45) is 5.92 Å². The minimum absolute atomic E-state index is 0.00444. The molecule has 1 aromatic carbocycles. The monoisotopic (exact) mass is 534 g/mol. The highest BCUT2D eigenvalue weighted by Gasteiger charge is 2.27. The van der Waals surface area contributed by atoms with E-state index < -0.39 is 12.5 Å². The minimum Gasteiger partial charge on any atom is -0.464 e. The Morgan fingerprint density at radius 1 is 1.22 bits per heavy atom. The van der Waals surface area contributed by atoms with Gasteiger partial charge >= 0.3 is 0 Å². The molecular formula is C26H32F2N4O2S2. The molecule has 0 atom stereocenters. The van der Waals surface area contributed by atoms with Crippen LogP contribution < -0.4 is 10.1 Å². The predicted molar refractivity (Wildman–Crippen MR) is 139 cm³/mol. The van der Waals surface area contributed by atoms with Crippen LogP contribution in [0.2, 0.25) is 0 Å². The zero-order valence-corrected chi connectivity index (χ0v) is 22.3. The summed E-state index contributed by atoms with van der Waals surface area (Å²) in [4.78, 5) is 25.3. The third-order valence-electron chi connectivity index (χ3n) is 7.03. The largest absolute Gasteiger partial charge is 0.464 e. The molecule has 3 heterocycles. The lowest BCUT2D eigenvalue weighted by Crippen LogP contribution is -2.38. The maximum atomic E-state index is 13.1. The lowest BCUT2D eigenvalue weighted by Gasteiger charge is -2.32. The van der Waals surface area contributed by atoms with Crippen molar-refractivity contribution in [1.82, 2.24) is 20.2 Å². The first-order chi connectivity index (χ1) is 17.2. The van der Waals surface area contributed by atoms with Gasteiger partial charge in [0.1, 0.15) is 0 Å². The Labute approximate surface area is 218 Å². The van der Waals surface area contributed by atoms with Gasteiger partial charge in [0.2, 0.25) is 0 Å². The Morgan fingerprint density at radius 2 is 2.03 bits per heavy atom.